The summed E-state index contributed by atoms with van der Waals surface area (Å²) in [4.78, 5) is 15.4. The first-order valence-electron chi connectivity index (χ1n) is 6.15. The molecule has 0 amide bonds. The van der Waals surface area contributed by atoms with Gasteiger partial charge in [0.2, 0.25) is 0 Å². The van der Waals surface area contributed by atoms with Crippen LogP contribution in [0.5, 0.6) is 0 Å². The zero-order chi connectivity index (χ0) is 12.5. The summed E-state index contributed by atoms with van der Waals surface area (Å²) in [5.41, 5.74) is 2.03. The molecule has 1 N–H and O–H groups in total. The number of fused-ring (bicyclic) bond motifs is 3. The van der Waals surface area contributed by atoms with E-state index in [9.17, 15) is 4.79 Å². The van der Waals surface area contributed by atoms with Gasteiger partial charge in [-0.2, -0.15) is 0 Å². The Balaban J connectivity index is 2.26. The first-order valence-corrected chi connectivity index (χ1v) is 6.15. The topological polar surface area (TPSA) is 63.6 Å². The summed E-state index contributed by atoms with van der Waals surface area (Å²) in [5.74, 6) is 0. The van der Waals surface area contributed by atoms with Crippen molar-refractivity contribution in [2.45, 2.75) is 26.3 Å². The molecule has 18 heavy (non-hydrogen) atoms. The smallest absolute Gasteiger partial charge is 0.294 e. The van der Waals surface area contributed by atoms with Gasteiger partial charge in [-0.15, -0.1) is 5.10 Å². The molecule has 0 aliphatic carbocycles. The maximum absolute atomic E-state index is 12.2. The van der Waals surface area contributed by atoms with Crippen LogP contribution in [0.1, 0.15) is 19.8 Å². The van der Waals surface area contributed by atoms with E-state index in [1.165, 1.54) is 4.68 Å². The molecule has 5 nitrogen and oxygen atoms in total. The molecule has 0 atom stereocenters. The Morgan fingerprint density at radius 3 is 3.00 bits per heavy atom. The van der Waals surface area contributed by atoms with Crippen molar-refractivity contribution in [2.75, 3.05) is 0 Å². The molecular weight excluding hydrogens is 228 g/mol. The standard InChI is InChI=1S/C13H14N4O/c1-2-3-8-17-13(18)12-11(15-16-17)9-6-4-5-7-10(9)14-12/h4-7,14H,2-3,8H2,1H3. The van der Waals surface area contributed by atoms with E-state index in [0.717, 1.165) is 23.7 Å². The number of nitrogens with zero attached hydrogens (tertiary/aromatic N) is 3. The number of hydrogen-bond acceptors (Lipinski definition) is 3. The highest BCUT2D eigenvalue weighted by Gasteiger charge is 2.10. The first kappa shape index (κ1) is 11.0. The van der Waals surface area contributed by atoms with Gasteiger partial charge >= 0.3 is 0 Å². The van der Waals surface area contributed by atoms with Crippen molar-refractivity contribution < 1.29 is 0 Å². The summed E-state index contributed by atoms with van der Waals surface area (Å²) in [6.07, 6.45) is 1.96. The zero-order valence-corrected chi connectivity index (χ0v) is 10.2. The number of unbranched alkanes of at least 4 members (excludes halogenated alkanes) is 1. The molecular formula is C13H14N4O. The van der Waals surface area contributed by atoms with Gasteiger partial charge in [-0.25, -0.2) is 4.68 Å². The second-order valence-electron chi connectivity index (χ2n) is 4.37. The molecule has 0 radical (unpaired) electrons. The van der Waals surface area contributed by atoms with Crippen molar-refractivity contribution >= 4 is 21.9 Å². The fourth-order valence-corrected chi connectivity index (χ4v) is 2.11. The fourth-order valence-electron chi connectivity index (χ4n) is 2.11. The van der Waals surface area contributed by atoms with E-state index in [1.807, 2.05) is 24.3 Å². The molecule has 0 bridgehead atoms. The highest BCUT2D eigenvalue weighted by Crippen LogP contribution is 2.19. The van der Waals surface area contributed by atoms with E-state index in [2.05, 4.69) is 22.2 Å². The summed E-state index contributed by atoms with van der Waals surface area (Å²) < 4.78 is 1.43. The largest absolute Gasteiger partial charge is 0.349 e. The van der Waals surface area contributed by atoms with Gasteiger partial charge in [0.1, 0.15) is 11.0 Å². The second kappa shape index (κ2) is 4.25. The van der Waals surface area contributed by atoms with Crippen molar-refractivity contribution in [2.24, 2.45) is 0 Å². The van der Waals surface area contributed by atoms with Crippen molar-refractivity contribution in [1.29, 1.82) is 0 Å². The number of aryl methyl sites for hydroxylation is 1. The lowest BCUT2D eigenvalue weighted by molar-refractivity contribution is 0.520. The van der Waals surface area contributed by atoms with Crippen LogP contribution < -0.4 is 5.56 Å². The first-order chi connectivity index (χ1) is 8.81. The number of benzene rings is 1. The molecule has 0 aliphatic rings. The molecule has 0 saturated heterocycles. The van der Waals surface area contributed by atoms with Crippen LogP contribution in [0, 0.1) is 0 Å². The van der Waals surface area contributed by atoms with E-state index < -0.39 is 0 Å². The summed E-state index contributed by atoms with van der Waals surface area (Å²) in [6, 6.07) is 7.74. The molecule has 2 heterocycles. The van der Waals surface area contributed by atoms with E-state index in [1.54, 1.807) is 0 Å². The van der Waals surface area contributed by atoms with Gasteiger partial charge in [-0.1, -0.05) is 36.8 Å². The highest BCUT2D eigenvalue weighted by atomic mass is 16.1. The van der Waals surface area contributed by atoms with Crippen LogP contribution in [0.3, 0.4) is 0 Å². The predicted molar refractivity (Wildman–Crippen MR) is 70.6 cm³/mol. The Kier molecular flexibility index (Phi) is 2.59. The van der Waals surface area contributed by atoms with Gasteiger partial charge in [0.05, 0.1) is 0 Å². The SMILES string of the molecule is CCCCn1nnc2c([nH]c3ccccc32)c1=O. The predicted octanol–water partition coefficient (Wildman–Crippen LogP) is 2.07. The Labute approximate surface area is 103 Å². The lowest BCUT2D eigenvalue weighted by Crippen LogP contribution is -2.24. The maximum Gasteiger partial charge on any atom is 0.294 e. The minimum absolute atomic E-state index is 0.0929. The van der Waals surface area contributed by atoms with Gasteiger partial charge in [0, 0.05) is 17.4 Å². The lowest BCUT2D eigenvalue weighted by atomic mass is 10.2. The summed E-state index contributed by atoms with van der Waals surface area (Å²) >= 11 is 0. The Morgan fingerprint density at radius 2 is 2.17 bits per heavy atom. The van der Waals surface area contributed by atoms with Gasteiger partial charge in [0.15, 0.2) is 0 Å². The Hall–Kier alpha value is -2.17. The molecule has 0 saturated carbocycles. The number of rotatable bonds is 3. The molecule has 0 aliphatic heterocycles. The highest BCUT2D eigenvalue weighted by molar-refractivity contribution is 6.04. The molecule has 1 aromatic carbocycles. The van der Waals surface area contributed by atoms with Gasteiger partial charge in [-0.3, -0.25) is 4.79 Å². The molecule has 0 spiro atoms. The lowest BCUT2D eigenvalue weighted by Gasteiger charge is -2.00. The van der Waals surface area contributed by atoms with Crippen LogP contribution in [0.25, 0.3) is 21.9 Å². The van der Waals surface area contributed by atoms with Crippen LogP contribution in [0.15, 0.2) is 29.1 Å². The summed E-state index contributed by atoms with van der Waals surface area (Å²) in [6.45, 7) is 2.70. The second-order valence-corrected chi connectivity index (χ2v) is 4.37. The monoisotopic (exact) mass is 242 g/mol. The Morgan fingerprint density at radius 1 is 1.33 bits per heavy atom. The molecule has 3 aromatic rings. The summed E-state index contributed by atoms with van der Waals surface area (Å²) in [7, 11) is 0. The number of aromatic nitrogens is 4. The van der Waals surface area contributed by atoms with Gasteiger partial charge in [-0.05, 0) is 12.5 Å². The quantitative estimate of drug-likeness (QED) is 0.764. The van der Waals surface area contributed by atoms with Gasteiger partial charge < -0.3 is 4.98 Å². The molecule has 92 valence electrons. The van der Waals surface area contributed by atoms with Crippen LogP contribution in [-0.4, -0.2) is 20.0 Å². The number of hydrogen-bond donors (Lipinski definition) is 1. The molecule has 3 rings (SSSR count). The van der Waals surface area contributed by atoms with Crippen molar-refractivity contribution in [1.82, 2.24) is 20.0 Å². The van der Waals surface area contributed by atoms with Crippen molar-refractivity contribution in [3.8, 4) is 0 Å². The van der Waals surface area contributed by atoms with Crippen LogP contribution in [0.2, 0.25) is 0 Å². The third kappa shape index (κ3) is 1.59. The molecule has 2 aromatic heterocycles. The summed E-state index contributed by atoms with van der Waals surface area (Å²) in [5, 5.41) is 9.11. The molecule has 0 fully saturated rings. The van der Waals surface area contributed by atoms with Gasteiger partial charge in [0.25, 0.3) is 5.56 Å². The molecule has 0 unspecified atom stereocenters. The average molecular weight is 242 g/mol. The van der Waals surface area contributed by atoms with Crippen LogP contribution in [-0.2, 0) is 6.54 Å². The maximum atomic E-state index is 12.2. The normalized spacial score (nSPS) is 11.4. The van der Waals surface area contributed by atoms with E-state index in [4.69, 9.17) is 0 Å². The van der Waals surface area contributed by atoms with E-state index in [0.29, 0.717) is 17.6 Å². The van der Waals surface area contributed by atoms with Crippen molar-refractivity contribution in [3.05, 3.63) is 34.6 Å². The number of aromatic amines is 1. The van der Waals surface area contributed by atoms with Crippen LogP contribution >= 0.6 is 0 Å². The number of para-hydroxylation sites is 1. The van der Waals surface area contributed by atoms with E-state index >= 15 is 0 Å². The zero-order valence-electron chi connectivity index (χ0n) is 10.2. The fraction of sp³-hybridized carbons (Fsp3) is 0.308. The minimum Gasteiger partial charge on any atom is -0.349 e. The Bertz CT molecular complexity index is 756. The average Bonchev–Trinajstić information content (AvgIpc) is 2.78. The van der Waals surface area contributed by atoms with Crippen molar-refractivity contribution in [3.63, 3.8) is 0 Å². The van der Waals surface area contributed by atoms with Crippen LogP contribution in [0.4, 0.5) is 0 Å². The minimum atomic E-state index is -0.0929. The van der Waals surface area contributed by atoms with E-state index in [-0.39, 0.29) is 5.56 Å². The number of nitrogens with one attached hydrogen (secondary N) is 1. The third-order valence-electron chi connectivity index (χ3n) is 3.10. The number of H-pyrrole nitrogens is 1. The molecule has 5 heteroatoms. The third-order valence-corrected chi connectivity index (χ3v) is 3.10.